The molecule has 0 spiro atoms. The standard InChI is InChI=1S/C16H21N3O4S/c1-11(20)19-8-7-13-14(5-2-6-15(13)19)18-16(21)17-10-12-4-3-9-24(12,22)23/h2,5-6,12H,3-4,7-10H2,1H3,(H2,17,18,21). The Balaban J connectivity index is 1.65. The highest BCUT2D eigenvalue weighted by Crippen LogP contribution is 2.33. The van der Waals surface area contributed by atoms with Crippen LogP contribution in [-0.4, -0.2) is 44.4 Å². The summed E-state index contributed by atoms with van der Waals surface area (Å²) in [6, 6.07) is 5.01. The molecule has 2 heterocycles. The van der Waals surface area contributed by atoms with Crippen molar-refractivity contribution in [3.8, 4) is 0 Å². The Morgan fingerprint density at radius 1 is 1.33 bits per heavy atom. The maximum atomic E-state index is 12.1. The zero-order chi connectivity index (χ0) is 17.3. The summed E-state index contributed by atoms with van der Waals surface area (Å²) in [6.45, 7) is 2.25. The highest BCUT2D eigenvalue weighted by Gasteiger charge is 2.31. The van der Waals surface area contributed by atoms with Gasteiger partial charge in [-0.3, -0.25) is 4.79 Å². The minimum Gasteiger partial charge on any atom is -0.337 e. The van der Waals surface area contributed by atoms with E-state index in [0.717, 1.165) is 11.3 Å². The molecule has 8 heteroatoms. The smallest absolute Gasteiger partial charge is 0.319 e. The van der Waals surface area contributed by atoms with Gasteiger partial charge in [0.15, 0.2) is 9.84 Å². The summed E-state index contributed by atoms with van der Waals surface area (Å²) in [7, 11) is -3.07. The number of benzene rings is 1. The predicted molar refractivity (Wildman–Crippen MR) is 92.0 cm³/mol. The average Bonchev–Trinajstić information content (AvgIpc) is 3.09. The summed E-state index contributed by atoms with van der Waals surface area (Å²) in [6.07, 6.45) is 1.93. The average molecular weight is 351 g/mol. The topological polar surface area (TPSA) is 95.6 Å². The van der Waals surface area contributed by atoms with E-state index in [1.54, 1.807) is 17.0 Å². The Morgan fingerprint density at radius 3 is 2.79 bits per heavy atom. The Hall–Kier alpha value is -2.09. The molecule has 1 aromatic carbocycles. The molecule has 0 saturated carbocycles. The first kappa shape index (κ1) is 16.8. The van der Waals surface area contributed by atoms with Crippen molar-refractivity contribution in [1.82, 2.24) is 5.32 Å². The fraction of sp³-hybridized carbons (Fsp3) is 0.500. The molecule has 2 aliphatic rings. The van der Waals surface area contributed by atoms with Gasteiger partial charge >= 0.3 is 6.03 Å². The summed E-state index contributed by atoms with van der Waals surface area (Å²) in [4.78, 5) is 25.4. The number of carbonyl (C=O) groups is 2. The fourth-order valence-electron chi connectivity index (χ4n) is 3.34. The first-order chi connectivity index (χ1) is 11.4. The molecule has 0 radical (unpaired) electrons. The third-order valence-corrected chi connectivity index (χ3v) is 6.88. The molecule has 1 aromatic rings. The quantitative estimate of drug-likeness (QED) is 0.858. The van der Waals surface area contributed by atoms with Gasteiger partial charge in [-0.2, -0.15) is 0 Å². The van der Waals surface area contributed by atoms with Crippen molar-refractivity contribution in [2.45, 2.75) is 31.4 Å². The predicted octanol–water partition coefficient (Wildman–Crippen LogP) is 1.29. The maximum absolute atomic E-state index is 12.1. The lowest BCUT2D eigenvalue weighted by Crippen LogP contribution is -2.37. The van der Waals surface area contributed by atoms with E-state index in [4.69, 9.17) is 0 Å². The molecule has 0 aliphatic carbocycles. The van der Waals surface area contributed by atoms with Crippen molar-refractivity contribution in [3.05, 3.63) is 23.8 Å². The molecule has 2 N–H and O–H groups in total. The summed E-state index contributed by atoms with van der Waals surface area (Å²) in [5.74, 6) is 0.176. The molecule has 3 amide bonds. The minimum atomic E-state index is -3.07. The van der Waals surface area contributed by atoms with Gasteiger partial charge in [0.2, 0.25) is 5.91 Å². The number of hydrogen-bond acceptors (Lipinski definition) is 4. The molecule has 1 fully saturated rings. The van der Waals surface area contributed by atoms with Gasteiger partial charge < -0.3 is 15.5 Å². The number of amides is 3. The van der Waals surface area contributed by atoms with Crippen LogP contribution in [0.5, 0.6) is 0 Å². The highest BCUT2D eigenvalue weighted by molar-refractivity contribution is 7.92. The SMILES string of the molecule is CC(=O)N1CCc2c(NC(=O)NCC3CCCS3(=O)=O)cccc21. The van der Waals surface area contributed by atoms with Gasteiger partial charge in [0.1, 0.15) is 0 Å². The fourth-order valence-corrected chi connectivity index (χ4v) is 5.10. The summed E-state index contributed by atoms with van der Waals surface area (Å²) in [5, 5.41) is 4.93. The highest BCUT2D eigenvalue weighted by atomic mass is 32.2. The summed E-state index contributed by atoms with van der Waals surface area (Å²) in [5.41, 5.74) is 2.40. The monoisotopic (exact) mass is 351 g/mol. The molecule has 3 rings (SSSR count). The molecule has 1 atom stereocenters. The lowest BCUT2D eigenvalue weighted by molar-refractivity contribution is -0.116. The molecule has 0 aromatic heterocycles. The second-order valence-electron chi connectivity index (χ2n) is 6.19. The van der Waals surface area contributed by atoms with E-state index >= 15 is 0 Å². The Bertz CT molecular complexity index is 776. The van der Waals surface area contributed by atoms with Crippen LogP contribution in [0.3, 0.4) is 0 Å². The molecule has 7 nitrogen and oxygen atoms in total. The second kappa shape index (κ2) is 6.43. The minimum absolute atomic E-state index is 0.0261. The van der Waals surface area contributed by atoms with Crippen LogP contribution in [0, 0.1) is 0 Å². The van der Waals surface area contributed by atoms with Crippen LogP contribution in [0.15, 0.2) is 18.2 Å². The second-order valence-corrected chi connectivity index (χ2v) is 8.59. The Morgan fingerprint density at radius 2 is 2.12 bits per heavy atom. The van der Waals surface area contributed by atoms with E-state index in [-0.39, 0.29) is 18.2 Å². The molecule has 2 aliphatic heterocycles. The normalized spacial score (nSPS) is 21.4. The largest absolute Gasteiger partial charge is 0.337 e. The molecule has 1 saturated heterocycles. The number of hydrogen-bond donors (Lipinski definition) is 2. The molecule has 0 bridgehead atoms. The number of fused-ring (bicyclic) bond motifs is 1. The van der Waals surface area contributed by atoms with E-state index in [9.17, 15) is 18.0 Å². The zero-order valence-corrected chi connectivity index (χ0v) is 14.4. The van der Waals surface area contributed by atoms with Gasteiger partial charge in [0, 0.05) is 37.0 Å². The van der Waals surface area contributed by atoms with Crippen molar-refractivity contribution in [2.75, 3.05) is 29.1 Å². The van der Waals surface area contributed by atoms with E-state index in [0.29, 0.717) is 31.5 Å². The van der Waals surface area contributed by atoms with Gasteiger partial charge in [-0.15, -0.1) is 0 Å². The number of nitrogens with one attached hydrogen (secondary N) is 2. The summed E-state index contributed by atoms with van der Waals surface area (Å²) >= 11 is 0. The third kappa shape index (κ3) is 3.24. The molecule has 130 valence electrons. The van der Waals surface area contributed by atoms with Gasteiger partial charge in [-0.1, -0.05) is 6.07 Å². The first-order valence-corrected chi connectivity index (χ1v) is 9.76. The van der Waals surface area contributed by atoms with Crippen molar-refractivity contribution in [3.63, 3.8) is 0 Å². The van der Waals surface area contributed by atoms with Crippen LogP contribution in [0.2, 0.25) is 0 Å². The first-order valence-electron chi connectivity index (χ1n) is 8.05. The van der Waals surface area contributed by atoms with E-state index in [1.165, 1.54) is 6.92 Å². The van der Waals surface area contributed by atoms with Crippen LogP contribution in [0.4, 0.5) is 16.2 Å². The maximum Gasteiger partial charge on any atom is 0.319 e. The number of sulfone groups is 1. The number of anilines is 2. The Kier molecular flexibility index (Phi) is 4.49. The molecule has 1 unspecified atom stereocenters. The molecular formula is C16H21N3O4S. The van der Waals surface area contributed by atoms with E-state index in [2.05, 4.69) is 10.6 Å². The van der Waals surface area contributed by atoms with E-state index < -0.39 is 21.1 Å². The number of nitrogens with zero attached hydrogens (tertiary/aromatic N) is 1. The number of carbonyl (C=O) groups excluding carboxylic acids is 2. The molecular weight excluding hydrogens is 330 g/mol. The van der Waals surface area contributed by atoms with Crippen molar-refractivity contribution < 1.29 is 18.0 Å². The zero-order valence-electron chi connectivity index (χ0n) is 13.5. The van der Waals surface area contributed by atoms with Gasteiger partial charge in [-0.05, 0) is 31.4 Å². The third-order valence-electron chi connectivity index (χ3n) is 4.61. The van der Waals surface area contributed by atoms with Crippen LogP contribution in [0.25, 0.3) is 0 Å². The van der Waals surface area contributed by atoms with E-state index in [1.807, 2.05) is 6.07 Å². The van der Waals surface area contributed by atoms with Crippen LogP contribution >= 0.6 is 0 Å². The van der Waals surface area contributed by atoms with Crippen molar-refractivity contribution in [1.29, 1.82) is 0 Å². The summed E-state index contributed by atoms with van der Waals surface area (Å²) < 4.78 is 23.6. The van der Waals surface area contributed by atoms with Gasteiger partial charge in [0.25, 0.3) is 0 Å². The molecule has 24 heavy (non-hydrogen) atoms. The van der Waals surface area contributed by atoms with Crippen molar-refractivity contribution >= 4 is 33.2 Å². The number of urea groups is 1. The van der Waals surface area contributed by atoms with Crippen LogP contribution < -0.4 is 15.5 Å². The van der Waals surface area contributed by atoms with Gasteiger partial charge in [-0.25, -0.2) is 13.2 Å². The Labute approximate surface area is 141 Å². The van der Waals surface area contributed by atoms with Crippen LogP contribution in [0.1, 0.15) is 25.3 Å². The lowest BCUT2D eigenvalue weighted by Gasteiger charge is -2.16. The lowest BCUT2D eigenvalue weighted by atomic mass is 10.1. The van der Waals surface area contributed by atoms with Crippen LogP contribution in [-0.2, 0) is 21.1 Å². The van der Waals surface area contributed by atoms with Crippen molar-refractivity contribution in [2.24, 2.45) is 0 Å². The number of rotatable bonds is 3. The van der Waals surface area contributed by atoms with Gasteiger partial charge in [0.05, 0.1) is 11.0 Å².